The van der Waals surface area contributed by atoms with Gasteiger partial charge in [-0.3, -0.25) is 4.90 Å². The molecule has 5 nitrogen and oxygen atoms in total. The molecule has 2 heterocycles. The first-order valence-corrected chi connectivity index (χ1v) is 9.58. The van der Waals surface area contributed by atoms with E-state index in [1.807, 2.05) is 6.92 Å². The molecule has 122 valence electrons. The first-order valence-electron chi connectivity index (χ1n) is 8.09. The maximum Gasteiger partial charge on any atom is 0.240 e. The van der Waals surface area contributed by atoms with E-state index in [2.05, 4.69) is 9.62 Å². The number of hydrogen-bond donors (Lipinski definition) is 1. The average molecular weight is 324 g/mol. The minimum atomic E-state index is -3.46. The second-order valence-electron chi connectivity index (χ2n) is 6.02. The Morgan fingerprint density at radius 1 is 1.18 bits per heavy atom. The monoisotopic (exact) mass is 324 g/mol. The lowest BCUT2D eigenvalue weighted by Gasteiger charge is -2.32. The minimum Gasteiger partial charge on any atom is -0.494 e. The summed E-state index contributed by atoms with van der Waals surface area (Å²) in [7, 11) is -3.46. The molecular formula is C16H24N2O3S. The van der Waals surface area contributed by atoms with Crippen molar-refractivity contribution in [3.8, 4) is 5.75 Å². The van der Waals surface area contributed by atoms with Crippen molar-refractivity contribution in [1.82, 2.24) is 9.62 Å². The minimum absolute atomic E-state index is 0.0388. The van der Waals surface area contributed by atoms with Crippen LogP contribution in [0, 0.1) is 0 Å². The van der Waals surface area contributed by atoms with E-state index in [0.717, 1.165) is 25.9 Å². The molecule has 0 spiro atoms. The number of nitrogens with zero attached hydrogens (tertiary/aromatic N) is 1. The number of sulfonamides is 1. The molecule has 0 bridgehead atoms. The van der Waals surface area contributed by atoms with Crippen LogP contribution in [0.2, 0.25) is 0 Å². The maximum absolute atomic E-state index is 12.6. The Morgan fingerprint density at radius 3 is 2.68 bits per heavy atom. The third kappa shape index (κ3) is 3.29. The molecule has 0 saturated carbocycles. The van der Waals surface area contributed by atoms with Gasteiger partial charge in [-0.2, -0.15) is 0 Å². The van der Waals surface area contributed by atoms with Crippen LogP contribution < -0.4 is 9.46 Å². The summed E-state index contributed by atoms with van der Waals surface area (Å²) < 4.78 is 33.4. The number of ether oxygens (including phenoxy) is 1. The highest BCUT2D eigenvalue weighted by Gasteiger charge is 2.37. The van der Waals surface area contributed by atoms with Crippen LogP contribution in [-0.2, 0) is 10.0 Å². The SMILES string of the molecule is CCOc1ccc(S(=O)(=O)NC2CCN3CCCCC23)cc1. The van der Waals surface area contributed by atoms with Crippen LogP contribution in [0.4, 0.5) is 0 Å². The van der Waals surface area contributed by atoms with Crippen molar-refractivity contribution in [3.63, 3.8) is 0 Å². The van der Waals surface area contributed by atoms with Gasteiger partial charge in [0.05, 0.1) is 11.5 Å². The Labute approximate surface area is 132 Å². The van der Waals surface area contributed by atoms with E-state index in [0.29, 0.717) is 23.3 Å². The average Bonchev–Trinajstić information content (AvgIpc) is 2.91. The topological polar surface area (TPSA) is 58.6 Å². The second-order valence-corrected chi connectivity index (χ2v) is 7.73. The Morgan fingerprint density at radius 2 is 1.95 bits per heavy atom. The van der Waals surface area contributed by atoms with Crippen molar-refractivity contribution in [2.45, 2.75) is 49.6 Å². The van der Waals surface area contributed by atoms with Gasteiger partial charge in [0.25, 0.3) is 0 Å². The second kappa shape index (κ2) is 6.56. The van der Waals surface area contributed by atoms with E-state index in [1.165, 1.54) is 12.8 Å². The summed E-state index contributed by atoms with van der Waals surface area (Å²) in [5.74, 6) is 0.695. The number of piperidine rings is 1. The fourth-order valence-corrected chi connectivity index (χ4v) is 4.84. The molecule has 2 unspecified atom stereocenters. The first-order chi connectivity index (χ1) is 10.6. The highest BCUT2D eigenvalue weighted by Crippen LogP contribution is 2.28. The van der Waals surface area contributed by atoms with Gasteiger partial charge in [-0.05, 0) is 57.0 Å². The molecule has 22 heavy (non-hydrogen) atoms. The van der Waals surface area contributed by atoms with E-state index in [1.54, 1.807) is 24.3 Å². The molecule has 2 atom stereocenters. The van der Waals surface area contributed by atoms with Crippen LogP contribution in [-0.4, -0.2) is 45.1 Å². The van der Waals surface area contributed by atoms with Crippen molar-refractivity contribution >= 4 is 10.0 Å². The summed E-state index contributed by atoms with van der Waals surface area (Å²) in [6.07, 6.45) is 4.43. The van der Waals surface area contributed by atoms with E-state index in [-0.39, 0.29) is 6.04 Å². The molecule has 3 rings (SSSR count). The molecule has 0 radical (unpaired) electrons. The number of hydrogen-bond acceptors (Lipinski definition) is 4. The van der Waals surface area contributed by atoms with Gasteiger partial charge >= 0.3 is 0 Å². The van der Waals surface area contributed by atoms with Crippen LogP contribution in [0.1, 0.15) is 32.6 Å². The summed E-state index contributed by atoms with van der Waals surface area (Å²) in [6.45, 7) is 4.58. The molecule has 1 N–H and O–H groups in total. The van der Waals surface area contributed by atoms with Crippen LogP contribution in [0.3, 0.4) is 0 Å². The molecule has 1 aromatic rings. The zero-order valence-corrected chi connectivity index (χ0v) is 13.8. The quantitative estimate of drug-likeness (QED) is 0.900. The molecular weight excluding hydrogens is 300 g/mol. The lowest BCUT2D eigenvalue weighted by Crippen LogP contribution is -2.46. The fourth-order valence-electron chi connectivity index (χ4n) is 3.53. The van der Waals surface area contributed by atoms with E-state index in [9.17, 15) is 8.42 Å². The Balaban J connectivity index is 1.70. The summed E-state index contributed by atoms with van der Waals surface area (Å²) >= 11 is 0. The van der Waals surface area contributed by atoms with Crippen molar-refractivity contribution in [3.05, 3.63) is 24.3 Å². The first kappa shape index (κ1) is 15.8. The summed E-state index contributed by atoms with van der Waals surface area (Å²) in [5.41, 5.74) is 0. The third-order valence-electron chi connectivity index (χ3n) is 4.61. The Hall–Kier alpha value is -1.11. The lowest BCUT2D eigenvalue weighted by molar-refractivity contribution is 0.186. The summed E-state index contributed by atoms with van der Waals surface area (Å²) in [5, 5.41) is 0. The molecule has 0 aromatic heterocycles. The van der Waals surface area contributed by atoms with Gasteiger partial charge in [0.15, 0.2) is 0 Å². The highest BCUT2D eigenvalue weighted by atomic mass is 32.2. The molecule has 1 aromatic carbocycles. The molecule has 0 amide bonds. The van der Waals surface area contributed by atoms with Gasteiger partial charge in [0.1, 0.15) is 5.75 Å². The molecule has 2 fully saturated rings. The number of benzene rings is 1. The molecule has 2 saturated heterocycles. The van der Waals surface area contributed by atoms with E-state index >= 15 is 0 Å². The van der Waals surface area contributed by atoms with E-state index < -0.39 is 10.0 Å². The predicted molar refractivity (Wildman–Crippen MR) is 85.5 cm³/mol. The van der Waals surface area contributed by atoms with Crippen LogP contribution >= 0.6 is 0 Å². The van der Waals surface area contributed by atoms with Crippen LogP contribution in [0.25, 0.3) is 0 Å². The lowest BCUT2D eigenvalue weighted by atomic mass is 10.00. The van der Waals surface area contributed by atoms with Gasteiger partial charge < -0.3 is 4.74 Å². The summed E-state index contributed by atoms with van der Waals surface area (Å²) in [4.78, 5) is 2.74. The van der Waals surface area contributed by atoms with Crippen molar-refractivity contribution < 1.29 is 13.2 Å². The molecule has 2 aliphatic rings. The molecule has 0 aliphatic carbocycles. The van der Waals surface area contributed by atoms with Crippen LogP contribution in [0.15, 0.2) is 29.2 Å². The van der Waals surface area contributed by atoms with Gasteiger partial charge in [0.2, 0.25) is 10.0 Å². The molecule has 2 aliphatic heterocycles. The molecule has 6 heteroatoms. The standard InChI is InChI=1S/C16H24N2O3S/c1-2-21-13-6-8-14(9-7-13)22(19,20)17-15-10-12-18-11-4-3-5-16(15)18/h6-9,15-17H,2-5,10-12H2,1H3. The predicted octanol–water partition coefficient (Wildman–Crippen LogP) is 1.99. The van der Waals surface area contributed by atoms with Gasteiger partial charge in [0, 0.05) is 18.6 Å². The van der Waals surface area contributed by atoms with Gasteiger partial charge in [-0.1, -0.05) is 6.42 Å². The van der Waals surface area contributed by atoms with E-state index in [4.69, 9.17) is 4.74 Å². The maximum atomic E-state index is 12.6. The Kier molecular flexibility index (Phi) is 4.70. The zero-order valence-electron chi connectivity index (χ0n) is 13.0. The number of fused-ring (bicyclic) bond motifs is 1. The van der Waals surface area contributed by atoms with Gasteiger partial charge in [-0.15, -0.1) is 0 Å². The third-order valence-corrected chi connectivity index (χ3v) is 6.11. The zero-order chi connectivity index (χ0) is 15.6. The fraction of sp³-hybridized carbons (Fsp3) is 0.625. The normalized spacial score (nSPS) is 25.9. The van der Waals surface area contributed by atoms with Crippen molar-refractivity contribution in [1.29, 1.82) is 0 Å². The Bertz CT molecular complexity index is 600. The number of rotatable bonds is 5. The van der Waals surface area contributed by atoms with Crippen molar-refractivity contribution in [2.75, 3.05) is 19.7 Å². The smallest absolute Gasteiger partial charge is 0.240 e. The summed E-state index contributed by atoms with van der Waals surface area (Å²) in [6, 6.07) is 7.05. The largest absolute Gasteiger partial charge is 0.494 e. The number of nitrogens with one attached hydrogen (secondary N) is 1. The van der Waals surface area contributed by atoms with Crippen LogP contribution in [0.5, 0.6) is 5.75 Å². The van der Waals surface area contributed by atoms with Gasteiger partial charge in [-0.25, -0.2) is 13.1 Å². The van der Waals surface area contributed by atoms with Crippen molar-refractivity contribution in [2.24, 2.45) is 0 Å². The highest BCUT2D eigenvalue weighted by molar-refractivity contribution is 7.89.